The number of amides is 1. The van der Waals surface area contributed by atoms with Crippen LogP contribution in [0.2, 0.25) is 30.7 Å². The van der Waals surface area contributed by atoms with Gasteiger partial charge in [-0.25, -0.2) is 13.1 Å². The molecular formula is C56H73ClN8O8SSi. The zero-order valence-electron chi connectivity index (χ0n) is 44.3. The van der Waals surface area contributed by atoms with Gasteiger partial charge >= 0.3 is 0 Å². The van der Waals surface area contributed by atoms with E-state index in [1.807, 2.05) is 54.4 Å². The summed E-state index contributed by atoms with van der Waals surface area (Å²) in [6.45, 7) is 21.8. The summed E-state index contributed by atoms with van der Waals surface area (Å²) in [5.74, 6) is -0.206. The Balaban J connectivity index is 1.01. The molecule has 75 heavy (non-hydrogen) atoms. The van der Waals surface area contributed by atoms with Crippen molar-refractivity contribution in [3.8, 4) is 5.88 Å². The summed E-state index contributed by atoms with van der Waals surface area (Å²) in [6, 6.07) is 22.6. The van der Waals surface area contributed by atoms with Crippen molar-refractivity contribution in [2.75, 3.05) is 87.4 Å². The highest BCUT2D eigenvalue weighted by molar-refractivity contribution is 7.90. The van der Waals surface area contributed by atoms with E-state index in [9.17, 15) is 23.3 Å². The Morgan fingerprint density at radius 3 is 2.44 bits per heavy atom. The van der Waals surface area contributed by atoms with Gasteiger partial charge in [-0.15, -0.1) is 0 Å². The third-order valence-corrected chi connectivity index (χ3v) is 18.5. The second-order valence-electron chi connectivity index (χ2n) is 22.7. The third-order valence-electron chi connectivity index (χ3n) is 15.2. The SMILES string of the molecule is C[C@H]1CCN(c2cc(N3CCN(CC4=C(c5ccc(Cl)cc5)CC(C)(C)CC4)CC3)ccc2C(=O)NS(=O)(=O)c2ccc(NCC3CCOCC3)c([N+](=O)[O-])c2)c2cc3ccn(CCOCC[Si](C)(C)C)c3nc2O1. The lowest BCUT2D eigenvalue weighted by atomic mass is 9.72. The van der Waals surface area contributed by atoms with Crippen LogP contribution in [0, 0.1) is 21.4 Å². The van der Waals surface area contributed by atoms with E-state index in [2.05, 4.69) is 70.0 Å². The number of sulfonamides is 1. The number of aromatic nitrogens is 2. The van der Waals surface area contributed by atoms with Gasteiger partial charge in [0.05, 0.1) is 33.8 Å². The number of rotatable bonds is 18. The molecule has 1 atom stereocenters. The number of piperazine rings is 1. The van der Waals surface area contributed by atoms with Crippen LogP contribution in [0.3, 0.4) is 0 Å². The molecule has 19 heteroatoms. The van der Waals surface area contributed by atoms with Crippen LogP contribution in [-0.2, 0) is 26.0 Å². The highest BCUT2D eigenvalue weighted by Crippen LogP contribution is 2.45. The fourth-order valence-electron chi connectivity index (χ4n) is 10.6. The molecule has 4 aliphatic rings. The van der Waals surface area contributed by atoms with Gasteiger partial charge < -0.3 is 33.9 Å². The number of benzene rings is 3. The van der Waals surface area contributed by atoms with Crippen molar-refractivity contribution in [3.05, 3.63) is 111 Å². The number of nitrogens with one attached hydrogen (secondary N) is 2. The topological polar surface area (TPSA) is 174 Å². The molecule has 2 fully saturated rings. The molecule has 2 N–H and O–H groups in total. The van der Waals surface area contributed by atoms with E-state index in [4.69, 9.17) is 30.8 Å². The van der Waals surface area contributed by atoms with Crippen molar-refractivity contribution in [3.63, 3.8) is 0 Å². The number of pyridine rings is 1. The lowest BCUT2D eigenvalue weighted by molar-refractivity contribution is -0.384. The number of carbonyl (C=O) groups is 1. The summed E-state index contributed by atoms with van der Waals surface area (Å²) in [4.78, 5) is 38.0. The number of anilines is 4. The molecule has 5 heterocycles. The maximum Gasteiger partial charge on any atom is 0.293 e. The number of hydrogen-bond acceptors (Lipinski definition) is 13. The molecule has 9 rings (SSSR count). The third kappa shape index (κ3) is 13.4. The molecule has 16 nitrogen and oxygen atoms in total. The first kappa shape index (κ1) is 54.3. The molecular weight excluding hydrogens is 1010 g/mol. The van der Waals surface area contributed by atoms with E-state index in [1.165, 1.54) is 28.8 Å². The fraction of sp³-hybridized carbons (Fsp3) is 0.500. The average Bonchev–Trinajstić information content (AvgIpc) is 3.69. The second-order valence-corrected chi connectivity index (χ2v) is 30.5. The minimum absolute atomic E-state index is 0.112. The quantitative estimate of drug-likeness (QED) is 0.0368. The number of fused-ring (bicyclic) bond motifs is 2. The highest BCUT2D eigenvalue weighted by atomic mass is 35.5. The Bertz CT molecular complexity index is 3020. The summed E-state index contributed by atoms with van der Waals surface area (Å²) in [6.07, 6.45) is 7.19. The van der Waals surface area contributed by atoms with E-state index >= 15 is 0 Å². The molecule has 3 aliphatic heterocycles. The molecule has 0 radical (unpaired) electrons. The Hall–Kier alpha value is -5.50. The average molecular weight is 1080 g/mol. The Morgan fingerprint density at radius 2 is 1.71 bits per heavy atom. The number of hydrogen-bond donors (Lipinski definition) is 2. The molecule has 2 aromatic heterocycles. The van der Waals surface area contributed by atoms with Crippen LogP contribution in [-0.4, -0.2) is 120 Å². The Labute approximate surface area is 448 Å². The van der Waals surface area contributed by atoms with Crippen LogP contribution in [0.4, 0.5) is 28.4 Å². The summed E-state index contributed by atoms with van der Waals surface area (Å²) >= 11 is 6.31. The van der Waals surface area contributed by atoms with Gasteiger partial charge in [-0.05, 0) is 122 Å². The molecule has 1 amide bonds. The molecule has 1 aliphatic carbocycles. The zero-order chi connectivity index (χ0) is 53.1. The van der Waals surface area contributed by atoms with Crippen molar-refractivity contribution in [2.24, 2.45) is 11.3 Å². The first-order valence-corrected chi connectivity index (χ1v) is 32.1. The van der Waals surface area contributed by atoms with E-state index in [0.29, 0.717) is 63.1 Å². The van der Waals surface area contributed by atoms with Gasteiger partial charge in [0.1, 0.15) is 17.0 Å². The van der Waals surface area contributed by atoms with Crippen molar-refractivity contribution in [1.29, 1.82) is 0 Å². The van der Waals surface area contributed by atoms with Gasteiger partial charge in [0.25, 0.3) is 21.6 Å². The van der Waals surface area contributed by atoms with Gasteiger partial charge in [-0.3, -0.25) is 19.8 Å². The summed E-state index contributed by atoms with van der Waals surface area (Å²) < 4.78 is 50.7. The predicted octanol–water partition coefficient (Wildman–Crippen LogP) is 11.0. The molecule has 5 aromatic rings. The van der Waals surface area contributed by atoms with Gasteiger partial charge in [-0.2, -0.15) is 4.98 Å². The van der Waals surface area contributed by atoms with E-state index in [0.717, 1.165) is 105 Å². The number of ether oxygens (including phenoxy) is 3. The van der Waals surface area contributed by atoms with Gasteiger partial charge in [-0.1, -0.05) is 62.8 Å². The lowest BCUT2D eigenvalue weighted by Crippen LogP contribution is -2.47. The van der Waals surface area contributed by atoms with Gasteiger partial charge in [0.15, 0.2) is 0 Å². The van der Waals surface area contributed by atoms with Gasteiger partial charge in [0, 0.05) is 115 Å². The van der Waals surface area contributed by atoms with Crippen LogP contribution in [0.1, 0.15) is 75.2 Å². The van der Waals surface area contributed by atoms with E-state index in [-0.39, 0.29) is 28.7 Å². The summed E-state index contributed by atoms with van der Waals surface area (Å²) in [7, 11) is -5.84. The number of halogens is 1. The minimum Gasteiger partial charge on any atom is -0.473 e. The first-order valence-electron chi connectivity index (χ1n) is 26.6. The van der Waals surface area contributed by atoms with Crippen LogP contribution in [0.15, 0.2) is 89.5 Å². The van der Waals surface area contributed by atoms with Crippen molar-refractivity contribution in [1.82, 2.24) is 19.2 Å². The maximum absolute atomic E-state index is 14.7. The maximum atomic E-state index is 14.7. The Morgan fingerprint density at radius 1 is 0.947 bits per heavy atom. The van der Waals surface area contributed by atoms with E-state index in [1.54, 1.807) is 6.07 Å². The molecule has 0 bridgehead atoms. The van der Waals surface area contributed by atoms with E-state index < -0.39 is 39.5 Å². The number of nitro groups is 1. The standard InChI is InChI=1S/C56H73ClN8O8SSi/c1-39-16-22-64(52-33-42-17-21-63(53(42)59-55(52)73-39)27-30-72-31-32-75(4,5)6)50-34-45(62-25-23-61(24-26-62)38-43-15-20-56(2,3)36-48(43)41-7-9-44(57)10-8-41)11-13-47(50)54(66)60-74(69,70)46-12-14-49(51(35-46)65(67)68)58-37-40-18-28-71-29-19-40/h7-14,17,21,33-35,39-40,58H,15-16,18-20,22-32,36-38H2,1-6H3,(H,60,66)/t39-/m0/s1. The lowest BCUT2D eigenvalue weighted by Gasteiger charge is -2.39. The molecule has 402 valence electrons. The normalized spacial score (nSPS) is 18.9. The van der Waals surface area contributed by atoms with Crippen LogP contribution >= 0.6 is 11.6 Å². The smallest absolute Gasteiger partial charge is 0.293 e. The van der Waals surface area contributed by atoms with Crippen LogP contribution in [0.25, 0.3) is 16.6 Å². The number of nitro benzene ring substituents is 1. The van der Waals surface area contributed by atoms with Crippen LogP contribution < -0.4 is 24.6 Å². The number of carbonyl (C=O) groups excluding carboxylic acids is 1. The molecule has 3 aromatic carbocycles. The highest BCUT2D eigenvalue weighted by Gasteiger charge is 2.33. The minimum atomic E-state index is -4.60. The zero-order valence-corrected chi connectivity index (χ0v) is 46.9. The molecule has 2 saturated heterocycles. The molecule has 0 unspecified atom stereocenters. The van der Waals surface area contributed by atoms with Gasteiger partial charge in [0.2, 0.25) is 5.88 Å². The summed E-state index contributed by atoms with van der Waals surface area (Å²) in [5.41, 5.74) is 7.02. The largest absolute Gasteiger partial charge is 0.473 e. The Kier molecular flexibility index (Phi) is 16.6. The molecule has 0 saturated carbocycles. The van der Waals surface area contributed by atoms with Crippen molar-refractivity contribution < 1.29 is 32.3 Å². The van der Waals surface area contributed by atoms with Crippen molar-refractivity contribution >= 4 is 80.6 Å². The molecule has 0 spiro atoms. The second kappa shape index (κ2) is 23.0. The number of allylic oxidation sites excluding steroid dienone is 1. The first-order chi connectivity index (χ1) is 35.8. The monoisotopic (exact) mass is 1080 g/mol. The van der Waals surface area contributed by atoms with Crippen LogP contribution in [0.5, 0.6) is 5.88 Å². The summed E-state index contributed by atoms with van der Waals surface area (Å²) in [5, 5.41) is 17.1. The number of nitrogens with zero attached hydrogens (tertiary/aromatic N) is 6. The van der Waals surface area contributed by atoms with Crippen molar-refractivity contribution in [2.45, 2.75) is 103 Å². The predicted molar refractivity (Wildman–Crippen MR) is 301 cm³/mol. The fourth-order valence-corrected chi connectivity index (χ4v) is 12.4.